The average Bonchev–Trinajstić information content (AvgIpc) is 3.86. The molecule has 0 saturated heterocycles. The highest BCUT2D eigenvalue weighted by Crippen LogP contribution is 2.61. The van der Waals surface area contributed by atoms with Crippen LogP contribution in [0.4, 0.5) is 0 Å². The van der Waals surface area contributed by atoms with Crippen LogP contribution in [0.5, 0.6) is 0 Å². The lowest BCUT2D eigenvalue weighted by Gasteiger charge is -2.56. The van der Waals surface area contributed by atoms with Gasteiger partial charge in [-0.3, -0.25) is 0 Å². The van der Waals surface area contributed by atoms with E-state index in [0.29, 0.717) is 17.3 Å². The van der Waals surface area contributed by atoms with Crippen molar-refractivity contribution >= 4 is 0 Å². The lowest BCUT2D eigenvalue weighted by Crippen LogP contribution is -2.45. The van der Waals surface area contributed by atoms with Gasteiger partial charge in [0.2, 0.25) is 0 Å². The van der Waals surface area contributed by atoms with E-state index in [-0.39, 0.29) is 29.0 Å². The summed E-state index contributed by atoms with van der Waals surface area (Å²) in [5.41, 5.74) is 1.11. The Kier molecular flexibility index (Phi) is 26.5. The van der Waals surface area contributed by atoms with Gasteiger partial charge in [0, 0.05) is 15.1 Å². The molecule has 0 atom stereocenters. The fourth-order valence-electron chi connectivity index (χ4n) is 9.46. The van der Waals surface area contributed by atoms with Gasteiger partial charge in [-0.25, -0.2) is 0 Å². The largest absolute Gasteiger partial charge is 0.0651 e. The molecule has 364 valence electrons. The van der Waals surface area contributed by atoms with Gasteiger partial charge in [-0.05, 0) is 108 Å². The molecule has 0 heteroatoms. The van der Waals surface area contributed by atoms with Gasteiger partial charge < -0.3 is 0 Å². The second-order valence-corrected chi connectivity index (χ2v) is 23.8. The van der Waals surface area contributed by atoms with Crippen LogP contribution in [0.1, 0.15) is 333 Å². The fourth-order valence-corrected chi connectivity index (χ4v) is 9.46. The van der Waals surface area contributed by atoms with Crippen molar-refractivity contribution in [3.63, 3.8) is 0 Å². The number of hydrogen-bond donors (Lipinski definition) is 0. The quantitative estimate of drug-likeness (QED) is 0.264. The van der Waals surface area contributed by atoms with Crippen molar-refractivity contribution in [2.45, 2.75) is 318 Å². The Hall–Kier alpha value is 0. The van der Waals surface area contributed by atoms with Crippen LogP contribution in [0, 0.1) is 69.4 Å². The molecule has 0 aliphatic heterocycles. The van der Waals surface area contributed by atoms with E-state index in [1.165, 1.54) is 70.6 Å². The van der Waals surface area contributed by atoms with Gasteiger partial charge in [-0.15, -0.1) is 0 Å². The number of hydrogen-bond acceptors (Lipinski definition) is 0. The van der Waals surface area contributed by atoms with E-state index >= 15 is 0 Å². The molecule has 0 N–H and O–H groups in total. The smallest absolute Gasteiger partial charge is 0.0300 e. The maximum Gasteiger partial charge on any atom is 0.0300 e. The van der Waals surface area contributed by atoms with Crippen LogP contribution in [-0.4, -0.2) is 0 Å². The van der Waals surface area contributed by atoms with Gasteiger partial charge >= 0.3 is 0 Å². The van der Waals surface area contributed by atoms with Crippen LogP contribution in [-0.2, 0) is 0 Å². The summed E-state index contributed by atoms with van der Waals surface area (Å²) in [5, 5.41) is 0. The zero-order valence-electron chi connectivity index (χ0n) is 56.1. The van der Waals surface area contributed by atoms with Crippen LogP contribution >= 0.6 is 0 Å². The predicted octanol–water partition coefficient (Wildman–Crippen LogP) is 22.2. The van der Waals surface area contributed by atoms with E-state index in [2.05, 4.69) is 34.6 Å². The summed E-state index contributed by atoms with van der Waals surface area (Å²) in [6.07, 6.45) is 28.7. The second-order valence-electron chi connectivity index (χ2n) is 23.8. The van der Waals surface area contributed by atoms with Crippen molar-refractivity contribution < 1.29 is 15.1 Å². The Morgan fingerprint density at radius 1 is 0.517 bits per heavy atom. The summed E-state index contributed by atoms with van der Waals surface area (Å²) in [4.78, 5) is 0. The molecule has 60 heavy (non-hydrogen) atoms. The Balaban J connectivity index is 0. The molecule has 0 heterocycles. The van der Waals surface area contributed by atoms with Crippen LogP contribution in [0.2, 0.25) is 0 Å². The van der Waals surface area contributed by atoms with Crippen LogP contribution in [0.25, 0.3) is 0 Å². The van der Waals surface area contributed by atoms with Crippen molar-refractivity contribution in [2.24, 2.45) is 69.4 Å². The zero-order valence-corrected chi connectivity index (χ0v) is 45.1. The molecule has 0 aromatic rings. The Morgan fingerprint density at radius 2 is 0.750 bits per heavy atom. The molecule has 0 radical (unpaired) electrons. The SMILES string of the molecule is CC(C)(C)C.CCC12CC3CC(CC(C3)C1)C2.[2H]C(C)(C)C.[2H]C([2H])(C)C(C)(C)C.[2H]C([2H])(C)C(C)C.[2H]C([2H])(C)C1CCCC1.[2H]C([2H])(C)C1CCCCC1.[2H]C1(C)CCCC1.[2H]C1(C)CCCCC1. The maximum absolute atomic E-state index is 7.63. The van der Waals surface area contributed by atoms with Crippen molar-refractivity contribution in [1.82, 2.24) is 0 Å². The van der Waals surface area contributed by atoms with Gasteiger partial charge in [0.05, 0.1) is 0 Å². The van der Waals surface area contributed by atoms with E-state index in [1.54, 1.807) is 66.2 Å². The maximum atomic E-state index is 7.63. The molecule has 8 rings (SSSR count). The molecule has 4 bridgehead atoms. The third-order valence-electron chi connectivity index (χ3n) is 13.2. The summed E-state index contributed by atoms with van der Waals surface area (Å²) in [7, 11) is 0. The summed E-state index contributed by atoms with van der Waals surface area (Å²) >= 11 is 0. The van der Waals surface area contributed by atoms with Gasteiger partial charge in [-0.2, -0.15) is 0 Å². The Bertz CT molecular complexity index is 1240. The van der Waals surface area contributed by atoms with E-state index in [0.717, 1.165) is 74.5 Å². The van der Waals surface area contributed by atoms with Crippen molar-refractivity contribution in [1.29, 1.82) is 0 Å². The van der Waals surface area contributed by atoms with Crippen molar-refractivity contribution in [2.75, 3.05) is 0 Å². The second kappa shape index (κ2) is 36.2. The molecule has 0 aromatic heterocycles. The van der Waals surface area contributed by atoms with Crippen molar-refractivity contribution in [3.05, 3.63) is 0 Å². The highest BCUT2D eigenvalue weighted by Gasteiger charge is 2.49. The van der Waals surface area contributed by atoms with Crippen LogP contribution < -0.4 is 0 Å². The highest BCUT2D eigenvalue weighted by atomic mass is 14.5. The standard InChI is InChI=1S/C12H20.C8H16.2C7H14.C6H12.C6H14.2C5H12.C4H10/c1-2-12-6-9-3-10(7-12)5-11(4-9)8-12;1-2-8-6-4-3-5-7-8;1-7-5-3-2-4-6-7;1-2-7-5-3-4-6-7;1-6-4-2-3-5-6;1-5-6(2,3)4;1-5(2,3)4;1-4-5(2)3;1-4(2)3/h9-11H,2-8H2,1H3;8H,2-7H2,1H3;2*7H,2-6H2,1H3;6H,2-5H2,1H3;5H2,1-4H3;1-4H3;5H,4H2,1-3H3;4H,1-3H3/i;2D2;7D;2D2;6D;5D2;;4D2;4D. The lowest BCUT2D eigenvalue weighted by molar-refractivity contribution is -0.0545. The Labute approximate surface area is 401 Å². The van der Waals surface area contributed by atoms with E-state index in [4.69, 9.17) is 15.1 Å². The summed E-state index contributed by atoms with van der Waals surface area (Å²) in [5.74, 6) is 3.88. The van der Waals surface area contributed by atoms with Gasteiger partial charge in [0.15, 0.2) is 0 Å². The van der Waals surface area contributed by atoms with E-state index < -0.39 is 25.5 Å². The zero-order chi connectivity index (χ0) is 56.1. The third kappa shape index (κ3) is 39.6. The first kappa shape index (κ1) is 43.9. The minimum Gasteiger partial charge on any atom is -0.0651 e. The molecule has 0 spiro atoms. The monoisotopic (exact) mass is 856 g/mol. The van der Waals surface area contributed by atoms with Crippen molar-refractivity contribution in [3.8, 4) is 0 Å². The molecule has 0 amide bonds. The van der Waals surface area contributed by atoms with Gasteiger partial charge in [0.1, 0.15) is 0 Å². The highest BCUT2D eigenvalue weighted by molar-refractivity contribution is 5.00. The van der Waals surface area contributed by atoms with E-state index in [1.807, 2.05) is 69.2 Å². The topological polar surface area (TPSA) is 0 Å². The molecule has 8 aliphatic carbocycles. The third-order valence-corrected chi connectivity index (χ3v) is 13.2. The molecular weight excluding hydrogens is 721 g/mol. The minimum absolute atomic E-state index is 0.0556. The summed E-state index contributed by atoms with van der Waals surface area (Å²) < 4.78 is 80.4. The van der Waals surface area contributed by atoms with Gasteiger partial charge in [0.25, 0.3) is 0 Å². The van der Waals surface area contributed by atoms with Crippen LogP contribution in [0.15, 0.2) is 0 Å². The number of rotatable bonds is 4. The first-order chi connectivity index (χ1) is 31.6. The molecule has 0 aromatic carbocycles. The molecule has 8 fully saturated rings. The normalized spacial score (nSPS) is 31.1. The first-order valence-electron chi connectivity index (χ1n) is 31.6. The first-order valence-corrected chi connectivity index (χ1v) is 26.1. The molecule has 8 saturated carbocycles. The molecular formula is C60H124. The fraction of sp³-hybridized carbons (Fsp3) is 1.00. The summed E-state index contributed by atoms with van der Waals surface area (Å²) in [6, 6.07) is 0. The molecule has 8 aliphatic rings. The van der Waals surface area contributed by atoms with E-state index in [9.17, 15) is 0 Å². The van der Waals surface area contributed by atoms with Gasteiger partial charge in [-0.1, -0.05) is 279 Å². The summed E-state index contributed by atoms with van der Waals surface area (Å²) in [6.45, 7) is 36.9. The Morgan fingerprint density at radius 3 is 0.917 bits per heavy atom. The molecule has 0 nitrogen and oxygen atoms in total. The molecule has 0 unspecified atom stereocenters. The average molecular weight is 857 g/mol. The lowest BCUT2D eigenvalue weighted by atomic mass is 9.49. The predicted molar refractivity (Wildman–Crippen MR) is 280 cm³/mol. The minimum atomic E-state index is -1.06. The van der Waals surface area contributed by atoms with Crippen LogP contribution in [0.3, 0.4) is 0 Å².